The molecule has 0 heterocycles. The Kier molecular flexibility index (Phi) is 16.0. The van der Waals surface area contributed by atoms with Crippen molar-refractivity contribution in [1.82, 2.24) is 0 Å². The van der Waals surface area contributed by atoms with Crippen LogP contribution in [0.1, 0.15) is 64.2 Å². The van der Waals surface area contributed by atoms with E-state index in [1.807, 2.05) is 0 Å². The lowest BCUT2D eigenvalue weighted by molar-refractivity contribution is 0.563. The van der Waals surface area contributed by atoms with Gasteiger partial charge in [0.15, 0.2) is 0 Å². The zero-order chi connectivity index (χ0) is 12.1. The fourth-order valence-electron chi connectivity index (χ4n) is 1.81. The predicted octanol–water partition coefficient (Wildman–Crippen LogP) is 6.02. The SMILES string of the molecule is Cl[SiH](Cl)CCCCCCCCCCCCI. The van der Waals surface area contributed by atoms with Crippen LogP contribution in [0.2, 0.25) is 6.04 Å². The number of unbranched alkanes of at least 4 members (excludes halogenated alkanes) is 9. The van der Waals surface area contributed by atoms with E-state index in [0.29, 0.717) is 0 Å². The molecule has 98 valence electrons. The Morgan fingerprint density at radius 3 is 1.38 bits per heavy atom. The maximum absolute atomic E-state index is 5.80. The Labute approximate surface area is 126 Å². The van der Waals surface area contributed by atoms with Crippen molar-refractivity contribution in [3.05, 3.63) is 0 Å². The zero-order valence-electron chi connectivity index (χ0n) is 10.2. The maximum atomic E-state index is 5.80. The van der Waals surface area contributed by atoms with E-state index in [2.05, 4.69) is 22.6 Å². The molecule has 0 aliphatic rings. The topological polar surface area (TPSA) is 0 Å². The van der Waals surface area contributed by atoms with Gasteiger partial charge < -0.3 is 0 Å². The van der Waals surface area contributed by atoms with E-state index in [-0.39, 0.29) is 0 Å². The van der Waals surface area contributed by atoms with Crippen molar-refractivity contribution in [3.8, 4) is 0 Å². The van der Waals surface area contributed by atoms with Crippen LogP contribution in [-0.2, 0) is 0 Å². The van der Waals surface area contributed by atoms with Crippen LogP contribution in [0.25, 0.3) is 0 Å². The van der Waals surface area contributed by atoms with Crippen molar-refractivity contribution >= 4 is 52.2 Å². The van der Waals surface area contributed by atoms with E-state index in [0.717, 1.165) is 6.04 Å². The minimum atomic E-state index is -1.31. The first-order chi connectivity index (χ1) is 7.77. The van der Waals surface area contributed by atoms with Crippen LogP contribution in [-0.4, -0.2) is 11.8 Å². The van der Waals surface area contributed by atoms with Crippen molar-refractivity contribution in [2.24, 2.45) is 0 Å². The molecule has 0 rings (SSSR count). The summed E-state index contributed by atoms with van der Waals surface area (Å²) in [6.45, 7) is 0. The second-order valence-corrected chi connectivity index (χ2v) is 10.7. The smallest absolute Gasteiger partial charge is 0.150 e. The van der Waals surface area contributed by atoms with Crippen molar-refractivity contribution in [3.63, 3.8) is 0 Å². The molecule has 0 amide bonds. The first-order valence-electron chi connectivity index (χ1n) is 6.61. The molecule has 0 unspecified atom stereocenters. The first-order valence-corrected chi connectivity index (χ1v) is 12.4. The maximum Gasteiger partial charge on any atom is 0.237 e. The molecule has 0 saturated heterocycles. The lowest BCUT2D eigenvalue weighted by Crippen LogP contribution is -1.91. The molecule has 16 heavy (non-hydrogen) atoms. The van der Waals surface area contributed by atoms with Crippen molar-refractivity contribution in [2.75, 3.05) is 4.43 Å². The third kappa shape index (κ3) is 15.5. The minimum Gasteiger partial charge on any atom is -0.150 e. The molecule has 0 bridgehead atoms. The highest BCUT2D eigenvalue weighted by Crippen LogP contribution is 2.14. The van der Waals surface area contributed by atoms with Gasteiger partial charge in [0.05, 0.1) is 0 Å². The van der Waals surface area contributed by atoms with E-state index >= 15 is 0 Å². The summed E-state index contributed by atoms with van der Waals surface area (Å²) < 4.78 is 1.32. The second-order valence-electron chi connectivity index (χ2n) is 4.40. The van der Waals surface area contributed by atoms with Gasteiger partial charge in [0.2, 0.25) is 7.42 Å². The average Bonchev–Trinajstić information content (AvgIpc) is 2.25. The molecule has 0 atom stereocenters. The Hall–Kier alpha value is 1.53. The normalized spacial score (nSPS) is 11.2. The van der Waals surface area contributed by atoms with Crippen LogP contribution in [0.3, 0.4) is 0 Å². The lowest BCUT2D eigenvalue weighted by atomic mass is 10.1. The molecule has 0 aromatic heterocycles. The molecule has 0 N–H and O–H groups in total. The Morgan fingerprint density at radius 1 is 0.625 bits per heavy atom. The molecule has 0 aliphatic heterocycles. The van der Waals surface area contributed by atoms with Crippen molar-refractivity contribution in [1.29, 1.82) is 0 Å². The van der Waals surface area contributed by atoms with Gasteiger partial charge in [-0.25, -0.2) is 0 Å². The van der Waals surface area contributed by atoms with Gasteiger partial charge in [-0.2, -0.15) is 22.2 Å². The Morgan fingerprint density at radius 2 is 1.00 bits per heavy atom. The van der Waals surface area contributed by atoms with Crippen molar-refractivity contribution < 1.29 is 0 Å². The number of hydrogen-bond acceptors (Lipinski definition) is 0. The third-order valence-corrected chi connectivity index (χ3v) is 5.72. The summed E-state index contributed by atoms with van der Waals surface area (Å²) in [6, 6.07) is 1.10. The molecule has 4 heteroatoms. The molecule has 0 nitrogen and oxygen atoms in total. The highest BCUT2D eigenvalue weighted by atomic mass is 127. The summed E-state index contributed by atoms with van der Waals surface area (Å²) >= 11 is 14.1. The second kappa shape index (κ2) is 14.6. The molecule has 0 spiro atoms. The summed E-state index contributed by atoms with van der Waals surface area (Å²) in [5.74, 6) is 0. The van der Waals surface area contributed by atoms with Crippen LogP contribution in [0, 0.1) is 0 Å². The monoisotopic (exact) mass is 394 g/mol. The van der Waals surface area contributed by atoms with Gasteiger partial charge in [0.1, 0.15) is 0 Å². The molecule has 0 aromatic carbocycles. The first kappa shape index (κ1) is 17.5. The van der Waals surface area contributed by atoms with Gasteiger partial charge in [-0.15, -0.1) is 0 Å². The summed E-state index contributed by atoms with van der Waals surface area (Å²) in [5, 5.41) is 0. The average molecular weight is 395 g/mol. The molecule has 0 aromatic rings. The van der Waals surface area contributed by atoms with E-state index in [1.165, 1.54) is 68.6 Å². The van der Waals surface area contributed by atoms with E-state index in [4.69, 9.17) is 22.2 Å². The van der Waals surface area contributed by atoms with E-state index in [9.17, 15) is 0 Å². The van der Waals surface area contributed by atoms with Gasteiger partial charge in [-0.1, -0.05) is 80.4 Å². The highest BCUT2D eigenvalue weighted by molar-refractivity contribution is 14.1. The van der Waals surface area contributed by atoms with Crippen LogP contribution < -0.4 is 0 Å². The molecular formula is C12H25Cl2ISi. The third-order valence-electron chi connectivity index (χ3n) is 2.81. The van der Waals surface area contributed by atoms with Crippen LogP contribution in [0.15, 0.2) is 0 Å². The summed E-state index contributed by atoms with van der Waals surface area (Å²) in [4.78, 5) is 0. The number of hydrogen-bond donors (Lipinski definition) is 0. The minimum absolute atomic E-state index is 1.10. The van der Waals surface area contributed by atoms with Gasteiger partial charge in [-0.3, -0.25) is 0 Å². The number of rotatable bonds is 12. The molecule has 0 fully saturated rings. The quantitative estimate of drug-likeness (QED) is 0.125. The number of halogens is 3. The van der Waals surface area contributed by atoms with Gasteiger partial charge in [-0.05, 0) is 16.9 Å². The summed E-state index contributed by atoms with van der Waals surface area (Å²) in [7, 11) is -1.31. The standard InChI is InChI=1S/C12H25Cl2ISi/c13-16(14)12-10-8-6-4-2-1-3-5-7-9-11-15/h16H,1-12H2. The lowest BCUT2D eigenvalue weighted by Gasteiger charge is -2.02. The zero-order valence-corrected chi connectivity index (χ0v) is 15.0. The molecular weight excluding hydrogens is 370 g/mol. The molecule has 0 radical (unpaired) electrons. The van der Waals surface area contributed by atoms with E-state index < -0.39 is 7.42 Å². The largest absolute Gasteiger partial charge is 0.237 e. The summed E-state index contributed by atoms with van der Waals surface area (Å²) in [5.41, 5.74) is 0. The van der Waals surface area contributed by atoms with Crippen LogP contribution >= 0.6 is 44.7 Å². The molecule has 0 aliphatic carbocycles. The number of alkyl halides is 1. The van der Waals surface area contributed by atoms with Gasteiger partial charge >= 0.3 is 0 Å². The fourth-order valence-corrected chi connectivity index (χ4v) is 3.87. The Balaban J connectivity index is 2.88. The van der Waals surface area contributed by atoms with E-state index in [1.54, 1.807) is 0 Å². The van der Waals surface area contributed by atoms with Crippen molar-refractivity contribution in [2.45, 2.75) is 70.3 Å². The van der Waals surface area contributed by atoms with Crippen LogP contribution in [0.5, 0.6) is 0 Å². The molecule has 0 saturated carbocycles. The van der Waals surface area contributed by atoms with Gasteiger partial charge in [0.25, 0.3) is 0 Å². The highest BCUT2D eigenvalue weighted by Gasteiger charge is 2.00. The van der Waals surface area contributed by atoms with Gasteiger partial charge in [0, 0.05) is 0 Å². The predicted molar refractivity (Wildman–Crippen MR) is 88.7 cm³/mol. The summed E-state index contributed by atoms with van der Waals surface area (Å²) in [6.07, 6.45) is 13.9. The fraction of sp³-hybridized carbons (Fsp3) is 1.00. The van der Waals surface area contributed by atoms with Crippen LogP contribution in [0.4, 0.5) is 0 Å². The Bertz CT molecular complexity index is 134.